The van der Waals surface area contributed by atoms with Crippen LogP contribution in [0, 0.1) is 6.92 Å². The summed E-state index contributed by atoms with van der Waals surface area (Å²) >= 11 is 5.01. The van der Waals surface area contributed by atoms with Gasteiger partial charge in [0.25, 0.3) is 5.91 Å². The van der Waals surface area contributed by atoms with Crippen molar-refractivity contribution >= 4 is 44.1 Å². The molecule has 2 aromatic heterocycles. The number of aromatic nitrogens is 2. The molecule has 0 fully saturated rings. The summed E-state index contributed by atoms with van der Waals surface area (Å²) in [5.74, 6) is -0.108. The van der Waals surface area contributed by atoms with Gasteiger partial charge in [0.15, 0.2) is 0 Å². The van der Waals surface area contributed by atoms with Crippen molar-refractivity contribution in [2.45, 2.75) is 13.5 Å². The second kappa shape index (κ2) is 5.38. The SMILES string of the molecule is Cc1ncc(CNC(=O)c2cc3ccc(Br)cc3[nH]2)s1. The van der Waals surface area contributed by atoms with E-state index < -0.39 is 0 Å². The summed E-state index contributed by atoms with van der Waals surface area (Å²) in [5, 5.41) is 4.92. The van der Waals surface area contributed by atoms with E-state index in [9.17, 15) is 4.79 Å². The quantitative estimate of drug-likeness (QED) is 0.758. The largest absolute Gasteiger partial charge is 0.350 e. The van der Waals surface area contributed by atoms with Crippen LogP contribution in [0.4, 0.5) is 0 Å². The van der Waals surface area contributed by atoms with Crippen LogP contribution in [-0.2, 0) is 6.54 Å². The third-order valence-electron chi connectivity index (χ3n) is 2.92. The van der Waals surface area contributed by atoms with Crippen molar-refractivity contribution in [3.63, 3.8) is 0 Å². The van der Waals surface area contributed by atoms with Crippen LogP contribution in [0.2, 0.25) is 0 Å². The summed E-state index contributed by atoms with van der Waals surface area (Å²) in [7, 11) is 0. The molecule has 0 aliphatic rings. The molecule has 3 aromatic rings. The van der Waals surface area contributed by atoms with Crippen LogP contribution >= 0.6 is 27.3 Å². The van der Waals surface area contributed by atoms with Gasteiger partial charge in [0.05, 0.1) is 11.6 Å². The van der Waals surface area contributed by atoms with Crippen molar-refractivity contribution in [3.05, 3.63) is 50.5 Å². The molecule has 20 heavy (non-hydrogen) atoms. The Labute approximate surface area is 128 Å². The molecule has 0 aliphatic carbocycles. The van der Waals surface area contributed by atoms with Crippen LogP contribution in [-0.4, -0.2) is 15.9 Å². The Morgan fingerprint density at radius 3 is 3.05 bits per heavy atom. The number of aryl methyl sites for hydroxylation is 1. The van der Waals surface area contributed by atoms with E-state index in [1.54, 1.807) is 17.5 Å². The first-order valence-corrected chi connectivity index (χ1v) is 7.70. The number of hydrogen-bond donors (Lipinski definition) is 2. The number of H-pyrrole nitrogens is 1. The molecule has 0 saturated heterocycles. The monoisotopic (exact) mass is 349 g/mol. The lowest BCUT2D eigenvalue weighted by atomic mass is 10.2. The van der Waals surface area contributed by atoms with E-state index in [1.807, 2.05) is 31.2 Å². The minimum atomic E-state index is -0.108. The van der Waals surface area contributed by atoms with Gasteiger partial charge in [-0.1, -0.05) is 22.0 Å². The molecular formula is C14H12BrN3OS. The predicted octanol–water partition coefficient (Wildman–Crippen LogP) is 3.63. The van der Waals surface area contributed by atoms with Crippen LogP contribution < -0.4 is 5.32 Å². The molecule has 1 aromatic carbocycles. The molecule has 3 rings (SSSR count). The summed E-state index contributed by atoms with van der Waals surface area (Å²) in [6.07, 6.45) is 1.79. The van der Waals surface area contributed by atoms with Crippen LogP contribution in [0.3, 0.4) is 0 Å². The van der Waals surface area contributed by atoms with E-state index >= 15 is 0 Å². The second-order valence-corrected chi connectivity index (χ2v) is 6.68. The van der Waals surface area contributed by atoms with E-state index in [4.69, 9.17) is 0 Å². The zero-order valence-electron chi connectivity index (χ0n) is 10.7. The third kappa shape index (κ3) is 2.76. The van der Waals surface area contributed by atoms with Crippen LogP contribution in [0.25, 0.3) is 10.9 Å². The maximum absolute atomic E-state index is 12.1. The van der Waals surface area contributed by atoms with Crippen molar-refractivity contribution in [1.29, 1.82) is 0 Å². The molecule has 0 aliphatic heterocycles. The maximum Gasteiger partial charge on any atom is 0.268 e. The number of amides is 1. The Bertz CT molecular complexity index is 778. The van der Waals surface area contributed by atoms with Gasteiger partial charge >= 0.3 is 0 Å². The van der Waals surface area contributed by atoms with E-state index in [0.717, 1.165) is 25.3 Å². The zero-order valence-corrected chi connectivity index (χ0v) is 13.1. The molecule has 0 radical (unpaired) electrons. The van der Waals surface area contributed by atoms with Gasteiger partial charge in [0.2, 0.25) is 0 Å². The zero-order chi connectivity index (χ0) is 14.1. The first-order valence-electron chi connectivity index (χ1n) is 6.09. The molecular weight excluding hydrogens is 338 g/mol. The molecule has 0 spiro atoms. The van der Waals surface area contributed by atoms with Crippen molar-refractivity contribution < 1.29 is 4.79 Å². The summed E-state index contributed by atoms with van der Waals surface area (Å²) in [6.45, 7) is 2.45. The number of nitrogens with one attached hydrogen (secondary N) is 2. The fourth-order valence-electron chi connectivity index (χ4n) is 1.97. The molecule has 0 atom stereocenters. The van der Waals surface area contributed by atoms with Crippen molar-refractivity contribution in [1.82, 2.24) is 15.3 Å². The molecule has 0 unspecified atom stereocenters. The van der Waals surface area contributed by atoms with Crippen LogP contribution in [0.1, 0.15) is 20.4 Å². The number of hydrogen-bond acceptors (Lipinski definition) is 3. The van der Waals surface area contributed by atoms with Gasteiger partial charge < -0.3 is 10.3 Å². The van der Waals surface area contributed by atoms with Crippen LogP contribution in [0.5, 0.6) is 0 Å². The lowest BCUT2D eigenvalue weighted by Crippen LogP contribution is -2.22. The number of rotatable bonds is 3. The summed E-state index contributed by atoms with van der Waals surface area (Å²) < 4.78 is 0.985. The maximum atomic E-state index is 12.1. The number of carbonyl (C=O) groups is 1. The number of thiazole rings is 1. The van der Waals surface area contributed by atoms with E-state index in [2.05, 4.69) is 31.2 Å². The summed E-state index contributed by atoms with van der Waals surface area (Å²) in [5.41, 5.74) is 1.51. The number of carbonyl (C=O) groups excluding carboxylic acids is 1. The fraction of sp³-hybridized carbons (Fsp3) is 0.143. The van der Waals surface area contributed by atoms with Gasteiger partial charge in [-0.3, -0.25) is 4.79 Å². The van der Waals surface area contributed by atoms with Crippen molar-refractivity contribution in [2.75, 3.05) is 0 Å². The molecule has 0 saturated carbocycles. The van der Waals surface area contributed by atoms with Crippen molar-refractivity contribution in [2.24, 2.45) is 0 Å². The number of halogens is 1. The molecule has 4 nitrogen and oxygen atoms in total. The molecule has 1 amide bonds. The van der Waals surface area contributed by atoms with Gasteiger partial charge in [-0.2, -0.15) is 0 Å². The Balaban J connectivity index is 1.75. The van der Waals surface area contributed by atoms with E-state index in [1.165, 1.54) is 0 Å². The first kappa shape index (κ1) is 13.3. The average molecular weight is 350 g/mol. The highest BCUT2D eigenvalue weighted by molar-refractivity contribution is 9.10. The molecule has 102 valence electrons. The summed E-state index contributed by atoms with van der Waals surface area (Å²) in [4.78, 5) is 20.4. The van der Waals surface area contributed by atoms with Gasteiger partial charge in [-0.15, -0.1) is 11.3 Å². The predicted molar refractivity (Wildman–Crippen MR) is 84.0 cm³/mol. The lowest BCUT2D eigenvalue weighted by molar-refractivity contribution is 0.0947. The smallest absolute Gasteiger partial charge is 0.268 e. The fourth-order valence-corrected chi connectivity index (χ4v) is 3.07. The minimum absolute atomic E-state index is 0.108. The Kier molecular flexibility index (Phi) is 3.58. The molecule has 0 bridgehead atoms. The highest BCUT2D eigenvalue weighted by Gasteiger charge is 2.10. The lowest BCUT2D eigenvalue weighted by Gasteiger charge is -2.00. The molecule has 6 heteroatoms. The van der Waals surface area contributed by atoms with Gasteiger partial charge in [0, 0.05) is 26.4 Å². The Morgan fingerprint density at radius 1 is 1.45 bits per heavy atom. The normalized spacial score (nSPS) is 10.9. The molecule has 2 N–H and O–H groups in total. The average Bonchev–Trinajstić information content (AvgIpc) is 3.01. The minimum Gasteiger partial charge on any atom is -0.350 e. The summed E-state index contributed by atoms with van der Waals surface area (Å²) in [6, 6.07) is 7.74. The van der Waals surface area contributed by atoms with Gasteiger partial charge in [-0.25, -0.2) is 4.98 Å². The van der Waals surface area contributed by atoms with Crippen LogP contribution in [0.15, 0.2) is 34.9 Å². The number of fused-ring (bicyclic) bond motifs is 1. The number of benzene rings is 1. The van der Waals surface area contributed by atoms with Gasteiger partial charge in [0.1, 0.15) is 5.69 Å². The van der Waals surface area contributed by atoms with E-state index in [-0.39, 0.29) is 5.91 Å². The number of nitrogens with zero attached hydrogens (tertiary/aromatic N) is 1. The van der Waals surface area contributed by atoms with Crippen molar-refractivity contribution in [3.8, 4) is 0 Å². The Morgan fingerprint density at radius 2 is 2.30 bits per heavy atom. The standard InChI is InChI=1S/C14H12BrN3OS/c1-8-16-6-11(20-8)7-17-14(19)13-4-9-2-3-10(15)5-12(9)18-13/h2-6,18H,7H2,1H3,(H,17,19). The first-order chi connectivity index (χ1) is 9.61. The highest BCUT2D eigenvalue weighted by Crippen LogP contribution is 2.20. The number of aromatic amines is 1. The van der Waals surface area contributed by atoms with E-state index in [0.29, 0.717) is 12.2 Å². The topological polar surface area (TPSA) is 57.8 Å². The highest BCUT2D eigenvalue weighted by atomic mass is 79.9. The van der Waals surface area contributed by atoms with Gasteiger partial charge in [-0.05, 0) is 25.1 Å². The third-order valence-corrected chi connectivity index (χ3v) is 4.33. The Hall–Kier alpha value is -1.66. The second-order valence-electron chi connectivity index (χ2n) is 4.44. The molecule has 2 heterocycles.